The number of hydrazine groups is 1. The van der Waals surface area contributed by atoms with Gasteiger partial charge in [-0.3, -0.25) is 10.2 Å². The second kappa shape index (κ2) is 6.13. The molecule has 1 fully saturated rings. The SMILES string of the molecule is O=C(NNC(=O)N1CCCC1)C1NCCc2ccccc21. The summed E-state index contributed by atoms with van der Waals surface area (Å²) in [4.78, 5) is 25.8. The van der Waals surface area contributed by atoms with Gasteiger partial charge in [0.15, 0.2) is 0 Å². The number of amides is 3. The largest absolute Gasteiger partial charge is 0.336 e. The molecule has 2 aliphatic rings. The Hall–Kier alpha value is -2.08. The Labute approximate surface area is 123 Å². The number of likely N-dealkylation sites (tertiary alicyclic amines) is 1. The van der Waals surface area contributed by atoms with Gasteiger partial charge in [0.25, 0.3) is 5.91 Å². The maximum Gasteiger partial charge on any atom is 0.336 e. The van der Waals surface area contributed by atoms with Gasteiger partial charge in [-0.15, -0.1) is 0 Å². The lowest BCUT2D eigenvalue weighted by molar-refractivity contribution is -0.124. The van der Waals surface area contributed by atoms with Crippen LogP contribution in [0.4, 0.5) is 4.79 Å². The lowest BCUT2D eigenvalue weighted by Crippen LogP contribution is -2.51. The highest BCUT2D eigenvalue weighted by Gasteiger charge is 2.26. The van der Waals surface area contributed by atoms with E-state index in [0.717, 1.165) is 44.5 Å². The van der Waals surface area contributed by atoms with Crippen LogP contribution >= 0.6 is 0 Å². The summed E-state index contributed by atoms with van der Waals surface area (Å²) in [5.74, 6) is -0.227. The molecule has 0 bridgehead atoms. The van der Waals surface area contributed by atoms with Gasteiger partial charge in [-0.2, -0.15) is 0 Å². The van der Waals surface area contributed by atoms with Gasteiger partial charge in [-0.25, -0.2) is 10.2 Å². The Morgan fingerprint density at radius 1 is 1.14 bits per heavy atom. The van der Waals surface area contributed by atoms with Crippen LogP contribution in [0.3, 0.4) is 0 Å². The third-order valence-electron chi connectivity index (χ3n) is 4.06. The van der Waals surface area contributed by atoms with Crippen LogP contribution in [0.1, 0.15) is 30.0 Å². The van der Waals surface area contributed by atoms with E-state index in [0.29, 0.717) is 0 Å². The molecule has 0 radical (unpaired) electrons. The summed E-state index contributed by atoms with van der Waals surface area (Å²) < 4.78 is 0. The summed E-state index contributed by atoms with van der Waals surface area (Å²) in [6, 6.07) is 7.26. The minimum absolute atomic E-state index is 0.227. The van der Waals surface area contributed by atoms with Gasteiger partial charge in [0.2, 0.25) is 0 Å². The van der Waals surface area contributed by atoms with Gasteiger partial charge in [-0.1, -0.05) is 24.3 Å². The van der Waals surface area contributed by atoms with Crippen molar-refractivity contribution in [2.75, 3.05) is 19.6 Å². The zero-order valence-corrected chi connectivity index (χ0v) is 11.9. The number of benzene rings is 1. The molecule has 0 aromatic heterocycles. The molecule has 3 N–H and O–H groups in total. The van der Waals surface area contributed by atoms with Crippen LogP contribution in [0.5, 0.6) is 0 Å². The molecule has 1 saturated heterocycles. The first-order chi connectivity index (χ1) is 10.3. The number of nitrogens with one attached hydrogen (secondary N) is 3. The van der Waals surface area contributed by atoms with Gasteiger partial charge in [0.1, 0.15) is 6.04 Å². The van der Waals surface area contributed by atoms with Gasteiger partial charge < -0.3 is 10.2 Å². The van der Waals surface area contributed by atoms with Crippen molar-refractivity contribution in [3.05, 3.63) is 35.4 Å². The summed E-state index contributed by atoms with van der Waals surface area (Å²) in [5, 5.41) is 3.19. The van der Waals surface area contributed by atoms with Gasteiger partial charge in [-0.05, 0) is 30.4 Å². The molecule has 2 heterocycles. The highest BCUT2D eigenvalue weighted by molar-refractivity contribution is 5.86. The van der Waals surface area contributed by atoms with E-state index >= 15 is 0 Å². The Morgan fingerprint density at radius 2 is 1.90 bits per heavy atom. The zero-order chi connectivity index (χ0) is 14.7. The number of carbonyl (C=O) groups excluding carboxylic acids is 2. The van der Waals surface area contributed by atoms with E-state index in [4.69, 9.17) is 0 Å². The maximum absolute atomic E-state index is 12.3. The second-order valence-corrected chi connectivity index (χ2v) is 5.45. The Kier molecular flexibility index (Phi) is 4.06. The minimum Gasteiger partial charge on any atom is -0.323 e. The van der Waals surface area contributed by atoms with Crippen LogP contribution in [0.2, 0.25) is 0 Å². The fourth-order valence-corrected chi connectivity index (χ4v) is 2.93. The molecule has 6 heteroatoms. The van der Waals surface area contributed by atoms with Gasteiger partial charge in [0.05, 0.1) is 0 Å². The number of fused-ring (bicyclic) bond motifs is 1. The monoisotopic (exact) mass is 288 g/mol. The van der Waals surface area contributed by atoms with Crippen LogP contribution < -0.4 is 16.2 Å². The number of carbonyl (C=O) groups is 2. The van der Waals surface area contributed by atoms with E-state index in [1.807, 2.05) is 24.3 Å². The molecular formula is C15H20N4O2. The fourth-order valence-electron chi connectivity index (χ4n) is 2.93. The molecule has 0 spiro atoms. The predicted molar refractivity (Wildman–Crippen MR) is 78.4 cm³/mol. The van der Waals surface area contributed by atoms with Crippen LogP contribution in [0.15, 0.2) is 24.3 Å². The van der Waals surface area contributed by atoms with Crippen molar-refractivity contribution in [1.29, 1.82) is 0 Å². The molecular weight excluding hydrogens is 268 g/mol. The van der Waals surface area contributed by atoms with E-state index < -0.39 is 6.04 Å². The van der Waals surface area contributed by atoms with Crippen LogP contribution in [0.25, 0.3) is 0 Å². The maximum atomic E-state index is 12.3. The molecule has 1 aromatic carbocycles. The third-order valence-corrected chi connectivity index (χ3v) is 4.06. The lowest BCUT2D eigenvalue weighted by atomic mass is 9.94. The predicted octanol–water partition coefficient (Wildman–Crippen LogP) is 0.710. The molecule has 21 heavy (non-hydrogen) atoms. The molecule has 3 amide bonds. The van der Waals surface area contributed by atoms with Crippen molar-refractivity contribution in [2.45, 2.75) is 25.3 Å². The number of rotatable bonds is 1. The molecule has 0 aliphatic carbocycles. The summed E-state index contributed by atoms with van der Waals surface area (Å²) in [6.07, 6.45) is 2.97. The standard InChI is InChI=1S/C15H20N4O2/c20-14(17-18-15(21)19-9-3-4-10-19)13-12-6-2-1-5-11(12)7-8-16-13/h1-2,5-6,13,16H,3-4,7-10H2,(H,17,20)(H,18,21). The van der Waals surface area contributed by atoms with Crippen molar-refractivity contribution < 1.29 is 9.59 Å². The summed E-state index contributed by atoms with van der Waals surface area (Å²) >= 11 is 0. The van der Waals surface area contributed by atoms with Crippen molar-refractivity contribution in [2.24, 2.45) is 0 Å². The third kappa shape index (κ3) is 3.00. The van der Waals surface area contributed by atoms with Gasteiger partial charge >= 0.3 is 6.03 Å². The first-order valence-electron chi connectivity index (χ1n) is 7.41. The zero-order valence-electron chi connectivity index (χ0n) is 11.9. The minimum atomic E-state index is -0.408. The van der Waals surface area contributed by atoms with Crippen LogP contribution in [-0.4, -0.2) is 36.5 Å². The summed E-state index contributed by atoms with van der Waals surface area (Å²) in [6.45, 7) is 2.27. The number of nitrogens with zero attached hydrogens (tertiary/aromatic N) is 1. The van der Waals surface area contributed by atoms with E-state index in [1.54, 1.807) is 4.90 Å². The van der Waals surface area contributed by atoms with E-state index in [-0.39, 0.29) is 11.9 Å². The number of hydrogen-bond donors (Lipinski definition) is 3. The molecule has 1 atom stereocenters. The number of urea groups is 1. The first-order valence-corrected chi connectivity index (χ1v) is 7.41. The van der Waals surface area contributed by atoms with Crippen LogP contribution in [-0.2, 0) is 11.2 Å². The summed E-state index contributed by atoms with van der Waals surface area (Å²) in [7, 11) is 0. The molecule has 0 saturated carbocycles. The summed E-state index contributed by atoms with van der Waals surface area (Å²) in [5.41, 5.74) is 7.19. The smallest absolute Gasteiger partial charge is 0.323 e. The molecule has 2 aliphatic heterocycles. The second-order valence-electron chi connectivity index (χ2n) is 5.45. The van der Waals surface area contributed by atoms with Crippen molar-refractivity contribution in [3.8, 4) is 0 Å². The highest BCUT2D eigenvalue weighted by atomic mass is 16.2. The van der Waals surface area contributed by atoms with E-state index in [1.165, 1.54) is 5.56 Å². The Morgan fingerprint density at radius 3 is 2.71 bits per heavy atom. The molecule has 6 nitrogen and oxygen atoms in total. The molecule has 112 valence electrons. The normalized spacial score (nSPS) is 20.8. The van der Waals surface area contributed by atoms with Crippen molar-refractivity contribution in [1.82, 2.24) is 21.1 Å². The fraction of sp³-hybridized carbons (Fsp3) is 0.467. The van der Waals surface area contributed by atoms with Crippen LogP contribution in [0, 0.1) is 0 Å². The van der Waals surface area contributed by atoms with Crippen molar-refractivity contribution >= 4 is 11.9 Å². The van der Waals surface area contributed by atoms with E-state index in [2.05, 4.69) is 16.2 Å². The average molecular weight is 288 g/mol. The quantitative estimate of drug-likeness (QED) is 0.666. The number of hydrogen-bond acceptors (Lipinski definition) is 3. The van der Waals surface area contributed by atoms with Gasteiger partial charge in [0, 0.05) is 19.6 Å². The Bertz CT molecular complexity index is 540. The molecule has 1 aromatic rings. The first kappa shape index (κ1) is 13.9. The molecule has 3 rings (SSSR count). The topological polar surface area (TPSA) is 73.5 Å². The highest BCUT2D eigenvalue weighted by Crippen LogP contribution is 2.22. The van der Waals surface area contributed by atoms with E-state index in [9.17, 15) is 9.59 Å². The Balaban J connectivity index is 1.60. The molecule has 1 unspecified atom stereocenters. The average Bonchev–Trinajstić information content (AvgIpc) is 3.06. The van der Waals surface area contributed by atoms with Crippen molar-refractivity contribution in [3.63, 3.8) is 0 Å². The lowest BCUT2D eigenvalue weighted by Gasteiger charge is -2.26.